The number of nitrogens with one attached hydrogen (secondary N) is 3. The summed E-state index contributed by atoms with van der Waals surface area (Å²) in [7, 11) is 0. The van der Waals surface area contributed by atoms with Crippen LogP contribution in [0.5, 0.6) is 0 Å². The summed E-state index contributed by atoms with van der Waals surface area (Å²) in [5, 5.41) is 16.7. The van der Waals surface area contributed by atoms with Crippen LogP contribution in [-0.4, -0.2) is 41.3 Å². The number of carbonyl (C=O) groups excluding carboxylic acids is 3. The smallest absolute Gasteiger partial charge is 0.356 e. The predicted molar refractivity (Wildman–Crippen MR) is 101 cm³/mol. The van der Waals surface area contributed by atoms with Crippen LogP contribution in [0.4, 0.5) is 13.2 Å². The Morgan fingerprint density at radius 3 is 2.60 bits per heavy atom. The molecule has 3 amide bonds. The molecule has 0 aromatic carbocycles. The molecule has 1 saturated heterocycles. The fraction of sp³-hybridized carbons (Fsp3) is 0.611. The summed E-state index contributed by atoms with van der Waals surface area (Å²) in [6, 6.07) is -0.0706. The van der Waals surface area contributed by atoms with E-state index in [9.17, 15) is 32.8 Å². The Morgan fingerprint density at radius 1 is 1.40 bits per heavy atom. The Labute approximate surface area is 175 Å². The van der Waals surface area contributed by atoms with Gasteiger partial charge in [0.25, 0.3) is 5.91 Å². The lowest BCUT2D eigenvalue weighted by atomic mass is 9.98. The first-order valence-corrected chi connectivity index (χ1v) is 10.2. The van der Waals surface area contributed by atoms with Crippen molar-refractivity contribution < 1.29 is 27.6 Å². The maximum atomic E-state index is 12.7. The number of nitriles is 1. The lowest BCUT2D eigenvalue weighted by molar-refractivity contribution is -0.137. The zero-order valence-corrected chi connectivity index (χ0v) is 17.2. The highest BCUT2D eigenvalue weighted by Crippen LogP contribution is 2.31. The van der Waals surface area contributed by atoms with Gasteiger partial charge in [-0.2, -0.15) is 18.4 Å². The van der Waals surface area contributed by atoms with Gasteiger partial charge in [0, 0.05) is 17.8 Å². The summed E-state index contributed by atoms with van der Waals surface area (Å²) in [5.74, 6) is -2.15. The van der Waals surface area contributed by atoms with E-state index in [2.05, 4.69) is 20.9 Å². The Hall–Kier alpha value is -2.68. The number of thiazole rings is 1. The molecule has 2 heterocycles. The van der Waals surface area contributed by atoms with E-state index >= 15 is 0 Å². The van der Waals surface area contributed by atoms with Gasteiger partial charge in [0.05, 0.1) is 6.07 Å². The molecule has 1 aliphatic rings. The second kappa shape index (κ2) is 9.88. The van der Waals surface area contributed by atoms with Gasteiger partial charge in [-0.15, -0.1) is 11.3 Å². The van der Waals surface area contributed by atoms with Gasteiger partial charge in [-0.1, -0.05) is 13.8 Å². The van der Waals surface area contributed by atoms with Crippen LogP contribution in [-0.2, 0) is 15.8 Å². The Balaban J connectivity index is 2.05. The topological polar surface area (TPSA) is 124 Å². The molecule has 2 rings (SSSR count). The van der Waals surface area contributed by atoms with E-state index in [0.717, 1.165) is 5.38 Å². The van der Waals surface area contributed by atoms with Gasteiger partial charge >= 0.3 is 6.18 Å². The summed E-state index contributed by atoms with van der Waals surface area (Å²) in [4.78, 5) is 40.0. The molecule has 12 heteroatoms. The number of amides is 3. The molecule has 0 saturated carbocycles. The molecular weight excluding hydrogens is 423 g/mol. The third-order valence-corrected chi connectivity index (χ3v) is 5.35. The summed E-state index contributed by atoms with van der Waals surface area (Å²) < 4.78 is 38.1. The van der Waals surface area contributed by atoms with E-state index in [1.54, 1.807) is 0 Å². The maximum Gasteiger partial charge on any atom is 0.443 e. The molecule has 0 radical (unpaired) electrons. The number of alkyl halides is 3. The molecule has 164 valence electrons. The van der Waals surface area contributed by atoms with Crippen molar-refractivity contribution in [3.63, 3.8) is 0 Å². The van der Waals surface area contributed by atoms with E-state index in [1.165, 1.54) is 0 Å². The van der Waals surface area contributed by atoms with Gasteiger partial charge in [-0.25, -0.2) is 4.98 Å². The predicted octanol–water partition coefficient (Wildman–Crippen LogP) is 1.84. The van der Waals surface area contributed by atoms with Crippen LogP contribution in [0.15, 0.2) is 5.38 Å². The highest BCUT2D eigenvalue weighted by molar-refractivity contribution is 7.09. The second-order valence-electron chi connectivity index (χ2n) is 7.39. The van der Waals surface area contributed by atoms with Crippen LogP contribution in [0.25, 0.3) is 0 Å². The molecule has 3 unspecified atom stereocenters. The summed E-state index contributed by atoms with van der Waals surface area (Å²) in [5.41, 5.74) is -0.437. The summed E-state index contributed by atoms with van der Waals surface area (Å²) in [6.45, 7) is 4.12. The molecule has 8 nitrogen and oxygen atoms in total. The minimum Gasteiger partial charge on any atom is -0.356 e. The first kappa shape index (κ1) is 23.6. The van der Waals surface area contributed by atoms with Gasteiger partial charge < -0.3 is 16.0 Å². The Bertz CT molecular complexity index is 834. The van der Waals surface area contributed by atoms with Crippen molar-refractivity contribution in [1.82, 2.24) is 20.9 Å². The molecule has 0 aliphatic carbocycles. The molecular formula is C18H22F3N5O3S. The lowest BCUT2D eigenvalue weighted by Crippen LogP contribution is -2.50. The number of aromatic nitrogens is 1. The van der Waals surface area contributed by atoms with Crippen molar-refractivity contribution in [2.45, 2.75) is 51.4 Å². The normalized spacial score (nSPS) is 18.4. The first-order chi connectivity index (χ1) is 14.0. The number of hydrogen-bond donors (Lipinski definition) is 3. The first-order valence-electron chi connectivity index (χ1n) is 9.32. The summed E-state index contributed by atoms with van der Waals surface area (Å²) >= 11 is 0.288. The fourth-order valence-corrected chi connectivity index (χ4v) is 3.68. The van der Waals surface area contributed by atoms with Gasteiger partial charge in [-0.05, 0) is 25.2 Å². The Kier molecular flexibility index (Phi) is 7.77. The standard InChI is InChI=1S/C18H22F3N5O3S/c1-9(2)5-12(25-16(29)13-8-30-17(26-13)18(19,20)21)15(28)24-11(7-22)6-10-3-4-23-14(10)27/h8-12H,3-6H2,1-2H3,(H,23,27)(H,24,28)(H,25,29). The van der Waals surface area contributed by atoms with Crippen LogP contribution in [0.3, 0.4) is 0 Å². The molecule has 0 bridgehead atoms. The van der Waals surface area contributed by atoms with Gasteiger partial charge in [0.2, 0.25) is 11.8 Å². The van der Waals surface area contributed by atoms with E-state index in [0.29, 0.717) is 13.0 Å². The lowest BCUT2D eigenvalue weighted by Gasteiger charge is -2.22. The third kappa shape index (κ3) is 6.41. The molecule has 3 atom stereocenters. The second-order valence-corrected chi connectivity index (χ2v) is 8.25. The van der Waals surface area contributed by atoms with Crippen molar-refractivity contribution >= 4 is 29.1 Å². The minimum atomic E-state index is -4.66. The molecule has 1 fully saturated rings. The summed E-state index contributed by atoms with van der Waals surface area (Å²) in [6.07, 6.45) is -3.76. The molecule has 1 aliphatic heterocycles. The number of nitrogens with zero attached hydrogens (tertiary/aromatic N) is 2. The van der Waals surface area contributed by atoms with E-state index in [1.807, 2.05) is 19.9 Å². The van der Waals surface area contributed by atoms with Crippen molar-refractivity contribution in [2.75, 3.05) is 6.54 Å². The minimum absolute atomic E-state index is 0.0247. The van der Waals surface area contributed by atoms with E-state index in [4.69, 9.17) is 0 Å². The molecule has 0 spiro atoms. The van der Waals surface area contributed by atoms with Crippen LogP contribution >= 0.6 is 11.3 Å². The van der Waals surface area contributed by atoms with E-state index < -0.39 is 40.8 Å². The van der Waals surface area contributed by atoms with Crippen LogP contribution in [0.2, 0.25) is 0 Å². The van der Waals surface area contributed by atoms with Crippen LogP contribution in [0, 0.1) is 23.2 Å². The van der Waals surface area contributed by atoms with Gasteiger partial charge in [-0.3, -0.25) is 14.4 Å². The van der Waals surface area contributed by atoms with E-state index in [-0.39, 0.29) is 41.9 Å². The number of carbonyl (C=O) groups is 3. The van der Waals surface area contributed by atoms with Crippen molar-refractivity contribution in [2.24, 2.45) is 11.8 Å². The molecule has 1 aromatic rings. The number of rotatable bonds is 8. The van der Waals surface area contributed by atoms with Crippen molar-refractivity contribution in [1.29, 1.82) is 5.26 Å². The van der Waals surface area contributed by atoms with Gasteiger partial charge in [0.15, 0.2) is 5.01 Å². The van der Waals surface area contributed by atoms with Crippen molar-refractivity contribution in [3.8, 4) is 6.07 Å². The zero-order chi connectivity index (χ0) is 22.5. The highest BCUT2D eigenvalue weighted by atomic mass is 32.1. The van der Waals surface area contributed by atoms with Crippen LogP contribution in [0.1, 0.15) is 48.6 Å². The zero-order valence-electron chi connectivity index (χ0n) is 16.4. The largest absolute Gasteiger partial charge is 0.443 e. The SMILES string of the molecule is CC(C)CC(NC(=O)c1csc(C(F)(F)F)n1)C(=O)NC(C#N)CC1CCNC1=O. The van der Waals surface area contributed by atoms with Gasteiger partial charge in [0.1, 0.15) is 17.8 Å². The average molecular weight is 445 g/mol. The molecule has 3 N–H and O–H groups in total. The Morgan fingerprint density at radius 2 is 2.10 bits per heavy atom. The van der Waals surface area contributed by atoms with Crippen molar-refractivity contribution in [3.05, 3.63) is 16.1 Å². The monoisotopic (exact) mass is 445 g/mol. The molecule has 30 heavy (non-hydrogen) atoms. The van der Waals surface area contributed by atoms with Crippen LogP contribution < -0.4 is 16.0 Å². The highest BCUT2D eigenvalue weighted by Gasteiger charge is 2.36. The number of halogens is 3. The quantitative estimate of drug-likeness (QED) is 0.563. The third-order valence-electron chi connectivity index (χ3n) is 4.46. The fourth-order valence-electron chi connectivity index (χ4n) is 3.01. The average Bonchev–Trinajstić information content (AvgIpc) is 3.29. The maximum absolute atomic E-state index is 12.7. The number of hydrogen-bond acceptors (Lipinski definition) is 6. The molecule has 1 aromatic heterocycles.